The Labute approximate surface area is 210 Å². The Balaban J connectivity index is 1.49. The van der Waals surface area contributed by atoms with Crippen LogP contribution in [0.15, 0.2) is 101 Å². The summed E-state index contributed by atoms with van der Waals surface area (Å²) < 4.78 is 7.48. The number of nitro groups is 1. The van der Waals surface area contributed by atoms with Crippen molar-refractivity contribution < 1.29 is 14.5 Å². The van der Waals surface area contributed by atoms with E-state index in [-0.39, 0.29) is 11.3 Å². The lowest BCUT2D eigenvalue weighted by atomic mass is 10.1. The Hall–Kier alpha value is -4.88. The van der Waals surface area contributed by atoms with Gasteiger partial charge in [-0.15, -0.1) is 0 Å². The molecule has 178 valence electrons. The van der Waals surface area contributed by atoms with Crippen molar-refractivity contribution in [2.45, 2.75) is 10.1 Å². The number of benzene rings is 3. The minimum absolute atomic E-state index is 0.150. The molecule has 0 saturated carbocycles. The summed E-state index contributed by atoms with van der Waals surface area (Å²) in [5.41, 5.74) is 0.473. The maximum atomic E-state index is 12.7. The number of aromatic nitrogens is 2. The molecule has 4 aromatic rings. The van der Waals surface area contributed by atoms with E-state index in [1.54, 1.807) is 60.4 Å². The highest BCUT2D eigenvalue weighted by atomic mass is 32.2. The number of nitrogens with one attached hydrogen (secondary N) is 1. The highest BCUT2D eigenvalue weighted by molar-refractivity contribution is 7.99. The van der Waals surface area contributed by atoms with Crippen LogP contribution in [-0.2, 0) is 11.8 Å². The molecule has 9 nitrogen and oxygen atoms in total. The number of ether oxygens (including phenoxy) is 1. The summed E-state index contributed by atoms with van der Waals surface area (Å²) in [4.78, 5) is 28.4. The molecular weight excluding hydrogens is 478 g/mol. The fourth-order valence-corrected chi connectivity index (χ4v) is 4.04. The molecule has 0 fully saturated rings. The van der Waals surface area contributed by atoms with Gasteiger partial charge >= 0.3 is 0 Å². The number of hydrogen-bond acceptors (Lipinski definition) is 7. The minimum atomic E-state index is -0.636. The zero-order valence-corrected chi connectivity index (χ0v) is 19.8. The number of aryl methyl sites for hydroxylation is 1. The van der Waals surface area contributed by atoms with Crippen LogP contribution in [-0.4, -0.2) is 20.4 Å². The Morgan fingerprint density at radius 1 is 1.14 bits per heavy atom. The SMILES string of the molecule is Cn1ccnc1Sc1ccc(C=C(C#N)C(=O)Nc2ccc(Oc3ccccc3)cc2)cc1[N+](=O)[O-]. The van der Waals surface area contributed by atoms with Gasteiger partial charge in [0, 0.05) is 31.2 Å². The van der Waals surface area contributed by atoms with Gasteiger partial charge in [0.1, 0.15) is 23.1 Å². The summed E-state index contributed by atoms with van der Waals surface area (Å²) in [6.45, 7) is 0. The number of nitriles is 1. The summed E-state index contributed by atoms with van der Waals surface area (Å²) in [5.74, 6) is 0.636. The quantitative estimate of drug-likeness (QED) is 0.141. The van der Waals surface area contributed by atoms with Crippen LogP contribution in [0, 0.1) is 21.4 Å². The zero-order chi connectivity index (χ0) is 25.5. The van der Waals surface area contributed by atoms with E-state index in [1.165, 1.54) is 12.1 Å². The number of para-hydroxylation sites is 1. The smallest absolute Gasteiger partial charge is 0.283 e. The number of carbonyl (C=O) groups excluding carboxylic acids is 1. The molecule has 0 bridgehead atoms. The number of nitro benzene ring substituents is 1. The van der Waals surface area contributed by atoms with Crippen LogP contribution in [0.1, 0.15) is 5.56 Å². The van der Waals surface area contributed by atoms with Gasteiger partial charge in [-0.3, -0.25) is 14.9 Å². The third-order valence-electron chi connectivity index (χ3n) is 4.93. The van der Waals surface area contributed by atoms with Crippen LogP contribution in [0.2, 0.25) is 0 Å². The van der Waals surface area contributed by atoms with Crippen molar-refractivity contribution in [3.63, 3.8) is 0 Å². The van der Waals surface area contributed by atoms with Gasteiger partial charge in [-0.05, 0) is 65.9 Å². The summed E-state index contributed by atoms with van der Waals surface area (Å²) in [6, 6.07) is 22.3. The van der Waals surface area contributed by atoms with Gasteiger partial charge in [0.25, 0.3) is 11.6 Å². The van der Waals surface area contributed by atoms with Crippen molar-refractivity contribution >= 4 is 35.1 Å². The third kappa shape index (κ3) is 5.97. The first-order chi connectivity index (χ1) is 17.4. The molecule has 0 aliphatic rings. The maximum absolute atomic E-state index is 12.7. The highest BCUT2D eigenvalue weighted by Crippen LogP contribution is 2.34. The van der Waals surface area contributed by atoms with E-state index in [0.717, 1.165) is 11.8 Å². The monoisotopic (exact) mass is 497 g/mol. The number of imidazole rings is 1. The fraction of sp³-hybridized carbons (Fsp3) is 0.0385. The molecule has 0 radical (unpaired) electrons. The molecule has 1 amide bonds. The van der Waals surface area contributed by atoms with Crippen LogP contribution < -0.4 is 10.1 Å². The third-order valence-corrected chi connectivity index (χ3v) is 6.07. The summed E-state index contributed by atoms with van der Waals surface area (Å²) in [6.07, 6.45) is 4.66. The number of nitrogens with zero attached hydrogens (tertiary/aromatic N) is 4. The number of amides is 1. The first kappa shape index (κ1) is 24.3. The highest BCUT2D eigenvalue weighted by Gasteiger charge is 2.18. The molecular formula is C26H19N5O4S. The van der Waals surface area contributed by atoms with Crippen molar-refractivity contribution in [1.29, 1.82) is 5.26 Å². The predicted molar refractivity (Wildman–Crippen MR) is 136 cm³/mol. The zero-order valence-electron chi connectivity index (χ0n) is 19.0. The number of carbonyl (C=O) groups is 1. The lowest BCUT2D eigenvalue weighted by Gasteiger charge is -2.08. The van der Waals surface area contributed by atoms with E-state index in [9.17, 15) is 20.2 Å². The molecule has 4 rings (SSSR count). The van der Waals surface area contributed by atoms with Gasteiger partial charge in [-0.2, -0.15) is 5.26 Å². The summed E-state index contributed by atoms with van der Waals surface area (Å²) in [5, 5.41) is 24.4. The Morgan fingerprint density at radius 2 is 1.86 bits per heavy atom. The lowest BCUT2D eigenvalue weighted by Crippen LogP contribution is -2.13. The summed E-state index contributed by atoms with van der Waals surface area (Å²) in [7, 11) is 1.79. The molecule has 0 saturated heterocycles. The van der Waals surface area contributed by atoms with Gasteiger partial charge in [-0.25, -0.2) is 4.98 Å². The van der Waals surface area contributed by atoms with E-state index in [0.29, 0.717) is 32.8 Å². The molecule has 36 heavy (non-hydrogen) atoms. The Kier molecular flexibility index (Phi) is 7.43. The minimum Gasteiger partial charge on any atom is -0.457 e. The van der Waals surface area contributed by atoms with E-state index in [2.05, 4.69) is 10.3 Å². The Morgan fingerprint density at radius 3 is 2.50 bits per heavy atom. The van der Waals surface area contributed by atoms with Crippen molar-refractivity contribution in [2.75, 3.05) is 5.32 Å². The van der Waals surface area contributed by atoms with E-state index < -0.39 is 10.8 Å². The van der Waals surface area contributed by atoms with Crippen LogP contribution in [0.4, 0.5) is 11.4 Å². The second kappa shape index (κ2) is 11.0. The molecule has 1 aromatic heterocycles. The van der Waals surface area contributed by atoms with Crippen molar-refractivity contribution in [1.82, 2.24) is 9.55 Å². The Bertz CT molecular complexity index is 1470. The number of hydrogen-bond donors (Lipinski definition) is 1. The van der Waals surface area contributed by atoms with E-state index in [4.69, 9.17) is 4.74 Å². The van der Waals surface area contributed by atoms with Gasteiger partial charge in [0.15, 0.2) is 5.16 Å². The van der Waals surface area contributed by atoms with Crippen LogP contribution in [0.5, 0.6) is 11.5 Å². The normalized spacial score (nSPS) is 10.9. The molecule has 1 heterocycles. The topological polar surface area (TPSA) is 123 Å². The molecule has 0 aliphatic heterocycles. The van der Waals surface area contributed by atoms with E-state index in [1.807, 2.05) is 36.4 Å². The predicted octanol–water partition coefficient (Wildman–Crippen LogP) is 5.82. The van der Waals surface area contributed by atoms with Gasteiger partial charge in [0.2, 0.25) is 0 Å². The van der Waals surface area contributed by atoms with Crippen LogP contribution in [0.3, 0.4) is 0 Å². The van der Waals surface area contributed by atoms with Gasteiger partial charge in [-0.1, -0.05) is 24.3 Å². The fourth-order valence-electron chi connectivity index (χ4n) is 3.15. The van der Waals surface area contributed by atoms with Gasteiger partial charge < -0.3 is 14.6 Å². The van der Waals surface area contributed by atoms with Crippen LogP contribution in [0.25, 0.3) is 6.08 Å². The van der Waals surface area contributed by atoms with E-state index >= 15 is 0 Å². The number of rotatable bonds is 8. The van der Waals surface area contributed by atoms with Crippen molar-refractivity contribution in [3.8, 4) is 17.6 Å². The first-order valence-corrected chi connectivity index (χ1v) is 11.4. The lowest BCUT2D eigenvalue weighted by molar-refractivity contribution is -0.387. The molecule has 0 spiro atoms. The molecule has 0 atom stereocenters. The summed E-state index contributed by atoms with van der Waals surface area (Å²) >= 11 is 1.15. The second-order valence-corrected chi connectivity index (χ2v) is 8.48. The maximum Gasteiger partial charge on any atom is 0.283 e. The molecule has 10 heteroatoms. The van der Waals surface area contributed by atoms with Gasteiger partial charge in [0.05, 0.1) is 9.82 Å². The second-order valence-electron chi connectivity index (χ2n) is 7.47. The average Bonchev–Trinajstić information content (AvgIpc) is 3.29. The van der Waals surface area contributed by atoms with Crippen LogP contribution >= 0.6 is 11.8 Å². The molecule has 0 aliphatic carbocycles. The largest absolute Gasteiger partial charge is 0.457 e. The average molecular weight is 498 g/mol. The van der Waals surface area contributed by atoms with Crippen molar-refractivity contribution in [2.24, 2.45) is 7.05 Å². The molecule has 3 aromatic carbocycles. The van der Waals surface area contributed by atoms with Crippen molar-refractivity contribution in [3.05, 3.63) is 106 Å². The first-order valence-electron chi connectivity index (χ1n) is 10.6. The molecule has 1 N–H and O–H groups in total. The molecule has 0 unspecified atom stereocenters. The standard InChI is InChI=1S/C26H19N5O4S/c1-30-14-13-28-26(30)36-24-12-7-18(16-23(24)31(33)34)15-19(17-27)25(32)29-20-8-10-22(11-9-20)35-21-5-3-2-4-6-21/h2-16H,1H3,(H,29,32). The number of anilines is 1.